The molecule has 2 aromatic carbocycles. The normalized spacial score (nSPS) is 19.1. The summed E-state index contributed by atoms with van der Waals surface area (Å²) in [4.78, 5) is 53.8. The molecule has 3 aliphatic rings. The molecule has 4 heterocycles. The Bertz CT molecular complexity index is 1490. The lowest BCUT2D eigenvalue weighted by Crippen LogP contribution is -2.55. The van der Waals surface area contributed by atoms with Crippen molar-refractivity contribution < 1.29 is 14.4 Å². The summed E-state index contributed by atoms with van der Waals surface area (Å²) >= 11 is 6.18. The molecular weight excluding hydrogens is 540 g/mol. The van der Waals surface area contributed by atoms with Gasteiger partial charge in [0, 0.05) is 67.3 Å². The molecule has 41 heavy (non-hydrogen) atoms. The summed E-state index contributed by atoms with van der Waals surface area (Å²) in [5, 5.41) is 3.69. The Kier molecular flexibility index (Phi) is 7.50. The van der Waals surface area contributed by atoms with Crippen LogP contribution in [0.4, 0.5) is 0 Å². The highest BCUT2D eigenvalue weighted by atomic mass is 35.5. The first-order valence-electron chi connectivity index (χ1n) is 14.5. The summed E-state index contributed by atoms with van der Waals surface area (Å²) in [7, 11) is 2.12. The van der Waals surface area contributed by atoms with Gasteiger partial charge in [-0.2, -0.15) is 0 Å². The molecule has 1 spiro atoms. The topological polar surface area (TPSA) is 102 Å². The van der Waals surface area contributed by atoms with Crippen molar-refractivity contribution in [2.24, 2.45) is 5.41 Å². The predicted molar refractivity (Wildman–Crippen MR) is 158 cm³/mol. The third-order valence-electron chi connectivity index (χ3n) is 8.86. The standard InChI is InChI=1S/C31H37ClN6O3/c1-20-15-21(5-7-23(20)30(41)37-12-3-4-13-37)29(40)35-25(28-33-24-8-6-22(32)16-26(24)34-28)9-10-27(39)38-14-11-31(19-38)17-36(2)18-31/h5-8,15-16,25H,3-4,9-14,17-19H2,1-2H3,(H,33,34)(H,35,40)/t25-/m0/s1. The van der Waals surface area contributed by atoms with Crippen LogP contribution >= 0.6 is 11.6 Å². The molecule has 0 radical (unpaired) electrons. The van der Waals surface area contributed by atoms with Gasteiger partial charge >= 0.3 is 0 Å². The maximum Gasteiger partial charge on any atom is 0.254 e. The number of carbonyl (C=O) groups is 3. The predicted octanol–water partition coefficient (Wildman–Crippen LogP) is 4.18. The Hall–Kier alpha value is -3.43. The molecule has 3 aromatic rings. The summed E-state index contributed by atoms with van der Waals surface area (Å²) in [6.07, 6.45) is 3.81. The quantitative estimate of drug-likeness (QED) is 0.439. The lowest BCUT2D eigenvalue weighted by Gasteiger charge is -2.46. The smallest absolute Gasteiger partial charge is 0.254 e. The number of imidazole rings is 1. The molecule has 0 unspecified atom stereocenters. The van der Waals surface area contributed by atoms with Crippen molar-refractivity contribution in [3.63, 3.8) is 0 Å². The van der Waals surface area contributed by atoms with E-state index in [1.807, 2.05) is 22.8 Å². The first-order chi connectivity index (χ1) is 19.7. The number of aromatic amines is 1. The lowest BCUT2D eigenvalue weighted by atomic mass is 9.79. The maximum absolute atomic E-state index is 13.5. The van der Waals surface area contributed by atoms with E-state index in [2.05, 4.69) is 22.2 Å². The number of nitrogens with one attached hydrogen (secondary N) is 2. The highest BCUT2D eigenvalue weighted by Crippen LogP contribution is 2.39. The average molecular weight is 577 g/mol. The summed E-state index contributed by atoms with van der Waals surface area (Å²) < 4.78 is 0. The highest BCUT2D eigenvalue weighted by molar-refractivity contribution is 6.31. The summed E-state index contributed by atoms with van der Waals surface area (Å²) in [5.41, 5.74) is 3.62. The van der Waals surface area contributed by atoms with E-state index in [-0.39, 0.29) is 23.1 Å². The zero-order chi connectivity index (χ0) is 28.7. The minimum atomic E-state index is -0.504. The molecule has 1 atom stereocenters. The zero-order valence-electron chi connectivity index (χ0n) is 23.7. The van der Waals surface area contributed by atoms with Crippen LogP contribution in [0.15, 0.2) is 36.4 Å². The molecule has 0 aliphatic carbocycles. The Morgan fingerprint density at radius 1 is 1.05 bits per heavy atom. The highest BCUT2D eigenvalue weighted by Gasteiger charge is 2.47. The van der Waals surface area contributed by atoms with Crippen molar-refractivity contribution in [2.45, 2.75) is 45.1 Å². The number of rotatable bonds is 7. The molecular formula is C31H37ClN6O3. The third kappa shape index (κ3) is 5.70. The number of fused-ring (bicyclic) bond motifs is 1. The lowest BCUT2D eigenvalue weighted by molar-refractivity contribution is -0.131. The minimum Gasteiger partial charge on any atom is -0.342 e. The van der Waals surface area contributed by atoms with Gasteiger partial charge in [0.25, 0.3) is 11.8 Å². The van der Waals surface area contributed by atoms with Crippen LogP contribution < -0.4 is 5.32 Å². The van der Waals surface area contributed by atoms with Gasteiger partial charge in [-0.3, -0.25) is 14.4 Å². The van der Waals surface area contributed by atoms with Crippen LogP contribution in [0.3, 0.4) is 0 Å². The number of halogens is 1. The van der Waals surface area contributed by atoms with Crippen LogP contribution in [0.25, 0.3) is 11.0 Å². The second-order valence-corrected chi connectivity index (χ2v) is 12.6. The first-order valence-corrected chi connectivity index (χ1v) is 14.9. The van der Waals surface area contributed by atoms with Gasteiger partial charge in [0.15, 0.2) is 0 Å². The fraction of sp³-hybridized carbons (Fsp3) is 0.484. The van der Waals surface area contributed by atoms with Gasteiger partial charge in [0.05, 0.1) is 17.1 Å². The second-order valence-electron chi connectivity index (χ2n) is 12.1. The average Bonchev–Trinajstić information content (AvgIpc) is 3.70. The van der Waals surface area contributed by atoms with Gasteiger partial charge in [0.2, 0.25) is 5.91 Å². The zero-order valence-corrected chi connectivity index (χ0v) is 24.5. The number of nitrogens with zero attached hydrogens (tertiary/aromatic N) is 4. The number of H-pyrrole nitrogens is 1. The van der Waals surface area contributed by atoms with Gasteiger partial charge in [-0.15, -0.1) is 0 Å². The molecule has 3 fully saturated rings. The van der Waals surface area contributed by atoms with E-state index < -0.39 is 6.04 Å². The van der Waals surface area contributed by atoms with Crippen molar-refractivity contribution in [1.29, 1.82) is 0 Å². The fourth-order valence-electron chi connectivity index (χ4n) is 6.75. The molecule has 3 saturated heterocycles. The van der Waals surface area contributed by atoms with Gasteiger partial charge in [-0.05, 0) is 81.6 Å². The van der Waals surface area contributed by atoms with Crippen LogP contribution in [0, 0.1) is 12.3 Å². The molecule has 0 saturated carbocycles. The number of benzene rings is 2. The Morgan fingerprint density at radius 2 is 1.83 bits per heavy atom. The molecule has 3 amide bonds. The van der Waals surface area contributed by atoms with Crippen molar-refractivity contribution in [2.75, 3.05) is 46.3 Å². The van der Waals surface area contributed by atoms with Gasteiger partial charge in [0.1, 0.15) is 5.82 Å². The van der Waals surface area contributed by atoms with Crippen LogP contribution in [0.1, 0.15) is 70.2 Å². The Labute approximate surface area is 245 Å². The molecule has 216 valence electrons. The molecule has 10 heteroatoms. The van der Waals surface area contributed by atoms with E-state index in [0.29, 0.717) is 40.3 Å². The van der Waals surface area contributed by atoms with Gasteiger partial charge in [-0.1, -0.05) is 11.6 Å². The van der Waals surface area contributed by atoms with Crippen LogP contribution in [-0.2, 0) is 4.79 Å². The van der Waals surface area contributed by atoms with Crippen molar-refractivity contribution in [1.82, 2.24) is 30.0 Å². The molecule has 9 nitrogen and oxygen atoms in total. The van der Waals surface area contributed by atoms with Crippen molar-refractivity contribution >= 4 is 40.4 Å². The van der Waals surface area contributed by atoms with Crippen molar-refractivity contribution in [3.8, 4) is 0 Å². The number of likely N-dealkylation sites (tertiary alicyclic amines) is 3. The number of hydrogen-bond acceptors (Lipinski definition) is 5. The molecule has 1 aromatic heterocycles. The number of aryl methyl sites for hydroxylation is 1. The van der Waals surface area contributed by atoms with Gasteiger partial charge < -0.3 is 25.0 Å². The number of carbonyl (C=O) groups excluding carboxylic acids is 3. The fourth-order valence-corrected chi connectivity index (χ4v) is 6.92. The van der Waals surface area contributed by atoms with E-state index in [4.69, 9.17) is 16.6 Å². The number of amides is 3. The Morgan fingerprint density at radius 3 is 2.56 bits per heavy atom. The molecule has 0 bridgehead atoms. The van der Waals surface area contributed by atoms with Crippen LogP contribution in [-0.4, -0.2) is 88.7 Å². The molecule has 2 N–H and O–H groups in total. The molecule has 3 aliphatic heterocycles. The SMILES string of the molecule is Cc1cc(C(=O)N[C@@H](CCC(=O)N2CCC3(CN(C)C3)C2)c2nc3cc(Cl)ccc3[nH]2)ccc1C(=O)N1CCCC1. The largest absolute Gasteiger partial charge is 0.342 e. The maximum atomic E-state index is 13.5. The van der Waals surface area contributed by atoms with Crippen LogP contribution in [0.5, 0.6) is 0 Å². The third-order valence-corrected chi connectivity index (χ3v) is 9.09. The minimum absolute atomic E-state index is 0.0153. The first kappa shape index (κ1) is 27.7. The van der Waals surface area contributed by atoms with E-state index >= 15 is 0 Å². The van der Waals surface area contributed by atoms with E-state index in [1.165, 1.54) is 0 Å². The number of aromatic nitrogens is 2. The van der Waals surface area contributed by atoms with E-state index in [9.17, 15) is 14.4 Å². The van der Waals surface area contributed by atoms with Crippen molar-refractivity contribution in [3.05, 3.63) is 63.9 Å². The Balaban J connectivity index is 1.18. The monoisotopic (exact) mass is 576 g/mol. The van der Waals surface area contributed by atoms with E-state index in [1.54, 1.807) is 30.3 Å². The molecule has 6 rings (SSSR count). The van der Waals surface area contributed by atoms with Crippen LogP contribution in [0.2, 0.25) is 5.02 Å². The summed E-state index contributed by atoms with van der Waals surface area (Å²) in [6, 6.07) is 10.1. The van der Waals surface area contributed by atoms with E-state index in [0.717, 1.165) is 69.6 Å². The second kappa shape index (κ2) is 11.1. The summed E-state index contributed by atoms with van der Waals surface area (Å²) in [6.45, 7) is 7.09. The number of hydrogen-bond donors (Lipinski definition) is 2. The van der Waals surface area contributed by atoms with Gasteiger partial charge in [-0.25, -0.2) is 4.98 Å². The summed E-state index contributed by atoms with van der Waals surface area (Å²) in [5.74, 6) is 0.429.